The molecule has 3 aromatic heterocycles. The van der Waals surface area contributed by atoms with Gasteiger partial charge in [0.2, 0.25) is 23.6 Å². The molecule has 10 rings (SSSR count). The van der Waals surface area contributed by atoms with E-state index in [1.165, 1.54) is 38.2 Å². The van der Waals surface area contributed by atoms with E-state index in [2.05, 4.69) is 20.6 Å². The van der Waals surface area contributed by atoms with Crippen LogP contribution in [0.4, 0.5) is 16.2 Å². The maximum atomic E-state index is 14.6. The van der Waals surface area contributed by atoms with Gasteiger partial charge in [-0.2, -0.15) is 0 Å². The Bertz CT molecular complexity index is 3700. The van der Waals surface area contributed by atoms with Gasteiger partial charge in [-0.25, -0.2) is 4.79 Å². The lowest BCUT2D eigenvalue weighted by molar-refractivity contribution is -0.148. The zero-order chi connectivity index (χ0) is 59.3. The Kier molecular flexibility index (Phi) is 17.6. The minimum Gasteiger partial charge on any atom is -0.409 e. The second-order valence-corrected chi connectivity index (χ2v) is 23.1. The van der Waals surface area contributed by atoms with Crippen LogP contribution in [0.1, 0.15) is 89.5 Å². The molecule has 1 saturated heterocycles. The molecule has 0 unspecified atom stereocenters. The molecule has 22 heteroatoms. The topological polar surface area (TPSA) is 261 Å². The quantitative estimate of drug-likeness (QED) is 0.0263. The minimum absolute atomic E-state index is 0.0463. The number of aromatic nitrogens is 2. The number of nitrogens with one attached hydrogen (secondary N) is 4. The van der Waals surface area contributed by atoms with Gasteiger partial charge in [0.25, 0.3) is 23.6 Å². The van der Waals surface area contributed by atoms with Crippen LogP contribution in [0.5, 0.6) is 5.75 Å². The monoisotopic (exact) mass is 1180 g/mol. The molecule has 20 nitrogen and oxygen atoms in total. The largest absolute Gasteiger partial charge is 0.415 e. The Morgan fingerprint density at radius 2 is 1.50 bits per heavy atom. The standard InChI is InChI=1S/C62H65ClN10O10S/c1-36(2)26-49(73(48(58(64)78)27-38-12-6-4-7-13-38)53(76)16-8-5-11-21-71-51(74)19-20-52(71)75)60(80)65-33-54(77)69-22-24-70(25-23-69)62(82)83-50-31-47-56(55-37(3)35-84-57(50)55)41(32-63)34-72(47)61(81)46-30-40-28-42(17-18-44(40)68-46)66-59(79)45-29-39-14-9-10-15-43(39)67-45/h4,6-7,9-10,12-15,17-20,28-31,35-36,41,48-49,67-68H,5,8,11,16,21-27,32-34H2,1-3H3,(H2,64,78)(H,65,80)(H,66,79)/t41-,48-,49-/m0/s1. The summed E-state index contributed by atoms with van der Waals surface area (Å²) in [5, 5.41) is 10.1. The Morgan fingerprint density at radius 1 is 0.810 bits per heavy atom. The number of fused-ring (bicyclic) bond motifs is 5. The van der Waals surface area contributed by atoms with Gasteiger partial charge in [0, 0.05) is 115 Å². The first-order valence-electron chi connectivity index (χ1n) is 28.1. The number of aromatic amines is 2. The number of carbonyl (C=O) groups is 9. The molecule has 0 bridgehead atoms. The number of primary amides is 1. The number of piperazine rings is 1. The number of alkyl halides is 1. The number of nitrogens with two attached hydrogens (primary N) is 1. The number of H-pyrrole nitrogens is 2. The number of imide groups is 1. The van der Waals surface area contributed by atoms with E-state index < -0.39 is 60.2 Å². The number of unbranched alkanes of at least 4 members (excludes halogenated alkanes) is 2. The number of nitrogens with zero attached hydrogens (tertiary/aromatic N) is 5. The molecular formula is C62H65ClN10O10S. The minimum atomic E-state index is -1.20. The predicted octanol–water partition coefficient (Wildman–Crippen LogP) is 7.99. The van der Waals surface area contributed by atoms with Crippen LogP contribution < -0.4 is 26.0 Å². The van der Waals surface area contributed by atoms with Gasteiger partial charge in [-0.3, -0.25) is 43.3 Å². The Hall–Kier alpha value is -8.82. The van der Waals surface area contributed by atoms with Crippen molar-refractivity contribution in [3.63, 3.8) is 0 Å². The normalized spacial score (nSPS) is 15.8. The summed E-state index contributed by atoms with van der Waals surface area (Å²) in [5.41, 5.74) is 12.0. The molecule has 0 saturated carbocycles. The van der Waals surface area contributed by atoms with Crippen molar-refractivity contribution in [1.82, 2.24) is 34.9 Å². The molecule has 9 amide bonds. The van der Waals surface area contributed by atoms with E-state index in [9.17, 15) is 43.2 Å². The van der Waals surface area contributed by atoms with Crippen molar-refractivity contribution in [3.8, 4) is 5.75 Å². The lowest BCUT2D eigenvalue weighted by Gasteiger charge is -2.37. The molecule has 6 N–H and O–H groups in total. The first kappa shape index (κ1) is 58.4. The van der Waals surface area contributed by atoms with Gasteiger partial charge >= 0.3 is 6.09 Å². The number of anilines is 2. The van der Waals surface area contributed by atoms with Crippen LogP contribution in [0.25, 0.3) is 31.9 Å². The van der Waals surface area contributed by atoms with Gasteiger partial charge in [-0.15, -0.1) is 22.9 Å². The average molecular weight is 1180 g/mol. The van der Waals surface area contributed by atoms with Gasteiger partial charge in [0.05, 0.1) is 16.9 Å². The Balaban J connectivity index is 0.783. The fourth-order valence-electron chi connectivity index (χ4n) is 11.4. The zero-order valence-corrected chi connectivity index (χ0v) is 48.4. The van der Waals surface area contributed by atoms with Crippen LogP contribution >= 0.6 is 22.9 Å². The number of carbonyl (C=O) groups excluding carboxylic acids is 9. The van der Waals surface area contributed by atoms with Gasteiger partial charge in [0.15, 0.2) is 5.75 Å². The van der Waals surface area contributed by atoms with Crippen LogP contribution in [-0.2, 0) is 35.2 Å². The summed E-state index contributed by atoms with van der Waals surface area (Å²) in [6.07, 6.45) is 3.21. The van der Waals surface area contributed by atoms with E-state index in [-0.39, 0.29) is 93.8 Å². The lowest BCUT2D eigenvalue weighted by Crippen LogP contribution is -2.59. The van der Waals surface area contributed by atoms with Crippen LogP contribution in [0.15, 0.2) is 109 Å². The molecule has 3 aliphatic heterocycles. The third-order valence-electron chi connectivity index (χ3n) is 15.7. The number of hydrogen-bond donors (Lipinski definition) is 5. The molecule has 0 aliphatic carbocycles. The molecule has 7 aromatic rings. The molecule has 84 heavy (non-hydrogen) atoms. The van der Waals surface area contributed by atoms with Crippen molar-refractivity contribution in [1.29, 1.82) is 0 Å². The highest BCUT2D eigenvalue weighted by Gasteiger charge is 2.40. The fraction of sp³-hybridized carbons (Fsp3) is 0.339. The molecule has 436 valence electrons. The molecular weight excluding hydrogens is 1110 g/mol. The molecule has 6 heterocycles. The van der Waals surface area contributed by atoms with Crippen LogP contribution in [0.2, 0.25) is 0 Å². The molecule has 1 fully saturated rings. The van der Waals surface area contributed by atoms with E-state index in [0.29, 0.717) is 52.9 Å². The third-order valence-corrected chi connectivity index (χ3v) is 17.1. The summed E-state index contributed by atoms with van der Waals surface area (Å²) in [5.74, 6) is -3.59. The molecule has 3 aliphatic rings. The number of halogens is 1. The van der Waals surface area contributed by atoms with Crippen molar-refractivity contribution in [2.75, 3.05) is 61.9 Å². The molecule has 0 spiro atoms. The number of thiophene rings is 1. The predicted molar refractivity (Wildman–Crippen MR) is 321 cm³/mol. The summed E-state index contributed by atoms with van der Waals surface area (Å²) in [6.45, 7) is 6.26. The van der Waals surface area contributed by atoms with E-state index in [1.807, 2.05) is 56.5 Å². The van der Waals surface area contributed by atoms with Crippen LogP contribution in [-0.4, -0.2) is 147 Å². The summed E-state index contributed by atoms with van der Waals surface area (Å²) in [4.78, 5) is 135. The van der Waals surface area contributed by atoms with Crippen LogP contribution in [0.3, 0.4) is 0 Å². The number of ether oxygens (including phenoxy) is 1. The molecule has 0 radical (unpaired) electrons. The van der Waals surface area contributed by atoms with Gasteiger partial charge < -0.3 is 50.7 Å². The van der Waals surface area contributed by atoms with Crippen molar-refractivity contribution in [2.24, 2.45) is 11.7 Å². The van der Waals surface area contributed by atoms with Crippen LogP contribution in [0, 0.1) is 12.8 Å². The number of rotatable bonds is 21. The Morgan fingerprint density at radius 3 is 2.21 bits per heavy atom. The summed E-state index contributed by atoms with van der Waals surface area (Å²) in [6, 6.07) is 24.9. The number of aryl methyl sites for hydroxylation is 1. The second kappa shape index (κ2) is 25.4. The first-order chi connectivity index (χ1) is 40.5. The number of para-hydroxylation sites is 1. The Labute approximate surface area is 493 Å². The number of benzene rings is 4. The number of hydrogen-bond acceptors (Lipinski definition) is 11. The van der Waals surface area contributed by atoms with Gasteiger partial charge in [-0.05, 0) is 90.6 Å². The highest BCUT2D eigenvalue weighted by molar-refractivity contribution is 7.17. The van der Waals surface area contributed by atoms with Crippen molar-refractivity contribution < 1.29 is 47.9 Å². The first-order valence-corrected chi connectivity index (χ1v) is 29.5. The SMILES string of the molecule is Cc1csc2c(OC(=O)N3CCN(C(=O)CNC(=O)[C@H](CC(C)C)N(C(=O)CCCCCN4C(=O)C=CC4=O)[C@@H](Cc4ccccc4)C(N)=O)CC3)cc3c(c12)[C@@H](CCl)CN3C(=O)c1cc2cc(NC(=O)c3cc4ccccc4[nH]3)ccc2[nH]1. The molecule has 4 aromatic carbocycles. The van der Waals surface area contributed by atoms with Crippen molar-refractivity contribution in [2.45, 2.75) is 77.3 Å². The highest BCUT2D eigenvalue weighted by atomic mass is 35.5. The summed E-state index contributed by atoms with van der Waals surface area (Å²) in [7, 11) is 0. The van der Waals surface area contributed by atoms with E-state index >= 15 is 0 Å². The van der Waals surface area contributed by atoms with Gasteiger partial charge in [0.1, 0.15) is 23.5 Å². The third kappa shape index (κ3) is 12.6. The average Bonchev–Trinajstić information content (AvgIpc) is 1.78. The van der Waals surface area contributed by atoms with E-state index in [4.69, 9.17) is 22.1 Å². The fourth-order valence-corrected chi connectivity index (χ4v) is 12.7. The zero-order valence-electron chi connectivity index (χ0n) is 46.8. The second-order valence-electron chi connectivity index (χ2n) is 21.9. The summed E-state index contributed by atoms with van der Waals surface area (Å²) >= 11 is 8.06. The van der Waals surface area contributed by atoms with E-state index in [0.717, 1.165) is 42.6 Å². The maximum Gasteiger partial charge on any atom is 0.415 e. The van der Waals surface area contributed by atoms with E-state index in [1.54, 1.807) is 65.6 Å². The maximum absolute atomic E-state index is 14.6. The van der Waals surface area contributed by atoms with Crippen molar-refractivity contribution >= 4 is 120 Å². The number of amides is 9. The lowest BCUT2D eigenvalue weighted by atomic mass is 9.96. The van der Waals surface area contributed by atoms with Crippen molar-refractivity contribution in [3.05, 3.63) is 137 Å². The highest BCUT2D eigenvalue weighted by Crippen LogP contribution is 2.49. The smallest absolute Gasteiger partial charge is 0.409 e. The molecule has 3 atom stereocenters. The summed E-state index contributed by atoms with van der Waals surface area (Å²) < 4.78 is 6.92. The van der Waals surface area contributed by atoms with Gasteiger partial charge in [-0.1, -0.05) is 68.8 Å².